The number of cyclic esters (lactones) is 1. The van der Waals surface area contributed by atoms with E-state index in [1.54, 1.807) is 0 Å². The molecule has 6 atom stereocenters. The van der Waals surface area contributed by atoms with Crippen molar-refractivity contribution >= 4 is 17.9 Å². The van der Waals surface area contributed by atoms with Crippen LogP contribution in [0.3, 0.4) is 0 Å². The van der Waals surface area contributed by atoms with Gasteiger partial charge in [-0.2, -0.15) is 0 Å². The predicted molar refractivity (Wildman–Crippen MR) is 156 cm³/mol. The van der Waals surface area contributed by atoms with Crippen molar-refractivity contribution in [3.63, 3.8) is 0 Å². The topological polar surface area (TPSA) is 97.4 Å². The zero-order valence-electron chi connectivity index (χ0n) is 25.2. The number of allylic oxidation sites excluding steroid dienone is 4. The maximum atomic E-state index is 13.1. The van der Waals surface area contributed by atoms with Gasteiger partial charge in [0.05, 0.1) is 51.5 Å². The van der Waals surface area contributed by atoms with E-state index in [1.807, 2.05) is 37.3 Å². The van der Waals surface area contributed by atoms with Gasteiger partial charge in [0.2, 0.25) is 0 Å². The molecule has 41 heavy (non-hydrogen) atoms. The van der Waals surface area contributed by atoms with Gasteiger partial charge in [-0.15, -0.1) is 0 Å². The fraction of sp³-hybridized carbons (Fsp3) is 0.667. The van der Waals surface area contributed by atoms with Gasteiger partial charge in [-0.05, 0) is 70.3 Å². The molecule has 0 aromatic heterocycles. The van der Waals surface area contributed by atoms with Crippen LogP contribution in [0.2, 0.25) is 0 Å². The monoisotopic (exact) mass is 572 g/mol. The average molecular weight is 573 g/mol. The Labute approximate surface area is 245 Å². The summed E-state index contributed by atoms with van der Waals surface area (Å²) in [5, 5.41) is 0. The van der Waals surface area contributed by atoms with E-state index in [0.29, 0.717) is 18.8 Å². The van der Waals surface area contributed by atoms with E-state index in [-0.39, 0.29) is 61.3 Å². The van der Waals surface area contributed by atoms with E-state index < -0.39 is 0 Å². The number of hydrogen-bond acceptors (Lipinski definition) is 8. The van der Waals surface area contributed by atoms with Gasteiger partial charge in [-0.25, -0.2) is 4.79 Å². The van der Waals surface area contributed by atoms with Crippen LogP contribution in [-0.2, 0) is 38.1 Å². The highest BCUT2D eigenvalue weighted by atomic mass is 16.6. The van der Waals surface area contributed by atoms with Crippen LogP contribution in [-0.4, -0.2) is 62.6 Å². The van der Waals surface area contributed by atoms with Crippen LogP contribution in [0.5, 0.6) is 0 Å². The molecule has 3 heterocycles. The zero-order chi connectivity index (χ0) is 29.6. The number of esters is 3. The lowest BCUT2D eigenvalue weighted by Crippen LogP contribution is -2.37. The van der Waals surface area contributed by atoms with Gasteiger partial charge in [-0.1, -0.05) is 48.8 Å². The largest absolute Gasteiger partial charge is 0.469 e. The van der Waals surface area contributed by atoms with Gasteiger partial charge < -0.3 is 23.7 Å². The number of methoxy groups -OCH3 is 2. The van der Waals surface area contributed by atoms with Gasteiger partial charge in [0, 0.05) is 12.5 Å². The second-order valence-corrected chi connectivity index (χ2v) is 11.7. The van der Waals surface area contributed by atoms with Gasteiger partial charge in [-0.3, -0.25) is 9.59 Å². The van der Waals surface area contributed by atoms with Crippen LogP contribution in [0.15, 0.2) is 47.6 Å². The lowest BCUT2D eigenvalue weighted by molar-refractivity contribution is -0.154. The molecule has 3 rings (SSSR count). The molecule has 0 aliphatic carbocycles. The number of rotatable bonds is 6. The highest BCUT2D eigenvalue weighted by Gasteiger charge is 2.33. The van der Waals surface area contributed by atoms with Gasteiger partial charge in [0.25, 0.3) is 0 Å². The van der Waals surface area contributed by atoms with Crippen molar-refractivity contribution in [1.29, 1.82) is 0 Å². The van der Waals surface area contributed by atoms with E-state index in [1.165, 1.54) is 20.3 Å². The number of carbonyl (C=O) groups excluding carboxylic acids is 3. The third-order valence-electron chi connectivity index (χ3n) is 7.96. The molecule has 3 fully saturated rings. The summed E-state index contributed by atoms with van der Waals surface area (Å²) < 4.78 is 28.4. The molecule has 3 aliphatic heterocycles. The third-order valence-corrected chi connectivity index (χ3v) is 7.96. The first kappa shape index (κ1) is 32.8. The SMILES string of the molecule is COC(=O)C=C1CC2CC(=O)OC(/C=C/C=C\C=C(/C)CC(=O)OC)CCCC(C)CC3CCCC(CC(C1)O2)O3. The molecule has 0 spiro atoms. The molecule has 8 nitrogen and oxygen atoms in total. The molecule has 0 radical (unpaired) electrons. The Morgan fingerprint density at radius 2 is 1.56 bits per heavy atom. The maximum Gasteiger partial charge on any atom is 0.330 e. The third kappa shape index (κ3) is 12.4. The van der Waals surface area contributed by atoms with Gasteiger partial charge >= 0.3 is 17.9 Å². The molecule has 228 valence electrons. The van der Waals surface area contributed by atoms with Crippen molar-refractivity contribution in [2.45, 2.75) is 121 Å². The van der Waals surface area contributed by atoms with Crippen molar-refractivity contribution in [3.8, 4) is 0 Å². The molecule has 3 aliphatic rings. The van der Waals surface area contributed by atoms with Crippen molar-refractivity contribution in [3.05, 3.63) is 47.6 Å². The van der Waals surface area contributed by atoms with Crippen LogP contribution in [0.4, 0.5) is 0 Å². The molecular formula is C33H48O8. The highest BCUT2D eigenvalue weighted by molar-refractivity contribution is 5.82. The minimum atomic E-state index is -0.388. The standard InChI is InChI=1S/C33H48O8/c1-23-11-8-13-26(12-7-5-6-10-24(2)17-31(34)37-3)41-33(36)22-30-19-25(20-32(35)38-4)18-29(40-30)21-28-15-9-14-27(16-23)39-28/h5-7,10,12,20,23,26-30H,8-9,11,13-19,21-22H2,1-4H3/b6-5-,12-7+,24-10+,25-20?. The normalized spacial score (nSPS) is 31.7. The number of fused-ring (bicyclic) bond motifs is 4. The second kappa shape index (κ2) is 17.3. The number of ether oxygens (including phenoxy) is 5. The van der Waals surface area contributed by atoms with Crippen molar-refractivity contribution in [2.75, 3.05) is 14.2 Å². The summed E-state index contributed by atoms with van der Waals surface area (Å²) >= 11 is 0. The highest BCUT2D eigenvalue weighted by Crippen LogP contribution is 2.34. The molecule has 0 N–H and O–H groups in total. The van der Waals surface area contributed by atoms with Crippen LogP contribution in [0.1, 0.15) is 90.9 Å². The molecule has 0 saturated carbocycles. The first-order valence-electron chi connectivity index (χ1n) is 15.1. The zero-order valence-corrected chi connectivity index (χ0v) is 25.2. The quantitative estimate of drug-likeness (QED) is 0.163. The summed E-state index contributed by atoms with van der Waals surface area (Å²) in [6.07, 6.45) is 19.7. The molecule has 4 bridgehead atoms. The lowest BCUT2D eigenvalue weighted by atomic mass is 9.89. The summed E-state index contributed by atoms with van der Waals surface area (Å²) in [5.41, 5.74) is 1.83. The van der Waals surface area contributed by atoms with Crippen LogP contribution < -0.4 is 0 Å². The fourth-order valence-electron chi connectivity index (χ4n) is 5.92. The maximum absolute atomic E-state index is 13.1. The van der Waals surface area contributed by atoms with Gasteiger partial charge in [0.1, 0.15) is 6.10 Å². The van der Waals surface area contributed by atoms with Crippen LogP contribution in [0.25, 0.3) is 0 Å². The minimum absolute atomic E-state index is 0.120. The van der Waals surface area contributed by atoms with Crippen molar-refractivity contribution in [2.24, 2.45) is 5.92 Å². The molecule has 3 saturated heterocycles. The van der Waals surface area contributed by atoms with Crippen molar-refractivity contribution < 1.29 is 38.1 Å². The Balaban J connectivity index is 1.72. The summed E-state index contributed by atoms with van der Waals surface area (Å²) in [6, 6.07) is 0. The van der Waals surface area contributed by atoms with Crippen molar-refractivity contribution in [1.82, 2.24) is 0 Å². The summed E-state index contributed by atoms with van der Waals surface area (Å²) in [5.74, 6) is -0.457. The molecule has 0 amide bonds. The minimum Gasteiger partial charge on any atom is -0.469 e. The number of carbonyl (C=O) groups is 3. The summed E-state index contributed by atoms with van der Waals surface area (Å²) in [6.45, 7) is 4.15. The molecular weight excluding hydrogens is 524 g/mol. The Kier molecular flexibility index (Phi) is 13.8. The molecule has 6 unspecified atom stereocenters. The predicted octanol–water partition coefficient (Wildman–Crippen LogP) is 6.10. The van der Waals surface area contributed by atoms with Gasteiger partial charge in [0.15, 0.2) is 0 Å². The molecule has 0 aromatic carbocycles. The molecule has 8 heteroatoms. The smallest absolute Gasteiger partial charge is 0.330 e. The first-order valence-corrected chi connectivity index (χ1v) is 15.1. The van der Waals surface area contributed by atoms with E-state index in [2.05, 4.69) is 6.92 Å². The van der Waals surface area contributed by atoms with Crippen LogP contribution in [0, 0.1) is 5.92 Å². The Bertz CT molecular complexity index is 993. The Hall–Kier alpha value is -2.71. The lowest BCUT2D eigenvalue weighted by Gasteiger charge is -2.37. The second-order valence-electron chi connectivity index (χ2n) is 11.7. The Morgan fingerprint density at radius 1 is 0.854 bits per heavy atom. The van der Waals surface area contributed by atoms with E-state index in [0.717, 1.165) is 62.5 Å². The fourth-order valence-corrected chi connectivity index (χ4v) is 5.92. The Morgan fingerprint density at radius 3 is 2.32 bits per heavy atom. The van der Waals surface area contributed by atoms with Crippen LogP contribution >= 0.6 is 0 Å². The van der Waals surface area contributed by atoms with E-state index >= 15 is 0 Å². The van der Waals surface area contributed by atoms with E-state index in [9.17, 15) is 14.4 Å². The first-order chi connectivity index (χ1) is 19.7. The summed E-state index contributed by atoms with van der Waals surface area (Å²) in [7, 11) is 2.75. The van der Waals surface area contributed by atoms with E-state index in [4.69, 9.17) is 23.7 Å². The number of hydrogen-bond donors (Lipinski definition) is 0. The summed E-state index contributed by atoms with van der Waals surface area (Å²) in [4.78, 5) is 36.5. The molecule has 0 aromatic rings. The average Bonchev–Trinajstić information content (AvgIpc) is 2.92.